The molecule has 0 aromatic heterocycles. The Hall–Kier alpha value is -3.47. The minimum Gasteiger partial charge on any atom is -0.463 e. The molecule has 1 atom stereocenters. The second-order valence-electron chi connectivity index (χ2n) is 7.36. The lowest BCUT2D eigenvalue weighted by Gasteiger charge is -2.32. The molecule has 162 valence electrons. The highest BCUT2D eigenvalue weighted by Crippen LogP contribution is 2.18. The molecule has 0 unspecified atom stereocenters. The molecule has 0 saturated heterocycles. The Kier molecular flexibility index (Phi) is 9.43. The van der Waals surface area contributed by atoms with Gasteiger partial charge in [-0.3, -0.25) is 9.59 Å². The summed E-state index contributed by atoms with van der Waals surface area (Å²) in [5.41, 5.74) is 1.47. The zero-order valence-electron chi connectivity index (χ0n) is 18.2. The standard InChI is InChI=1S/C26H29NO4/c1-4-31-26(30)18-15-23(20(2)3)27(19-21-11-7-5-8-12-21)25(29)17-16-24(28)22-13-9-6-10-14-22/h5-18,20,23H,4,19H2,1-3H3/b17-16+,18-15+/t23-/m1/s1. The monoisotopic (exact) mass is 419 g/mol. The van der Waals surface area contributed by atoms with Crippen LogP contribution in [0.1, 0.15) is 36.7 Å². The van der Waals surface area contributed by atoms with E-state index in [2.05, 4.69) is 0 Å². The lowest BCUT2D eigenvalue weighted by Crippen LogP contribution is -2.41. The van der Waals surface area contributed by atoms with Gasteiger partial charge in [0.05, 0.1) is 12.6 Å². The summed E-state index contributed by atoms with van der Waals surface area (Å²) in [6.07, 6.45) is 5.64. The van der Waals surface area contributed by atoms with E-state index in [1.165, 1.54) is 18.2 Å². The first kappa shape index (κ1) is 23.8. The molecule has 0 saturated carbocycles. The molecule has 0 fully saturated rings. The van der Waals surface area contributed by atoms with Gasteiger partial charge in [-0.25, -0.2) is 4.79 Å². The first-order valence-electron chi connectivity index (χ1n) is 10.4. The molecule has 5 heteroatoms. The molecule has 0 radical (unpaired) electrons. The molecule has 0 aliphatic heterocycles. The van der Waals surface area contributed by atoms with Crippen LogP contribution in [-0.2, 0) is 20.9 Å². The summed E-state index contributed by atoms with van der Waals surface area (Å²) in [7, 11) is 0. The zero-order valence-corrected chi connectivity index (χ0v) is 18.2. The van der Waals surface area contributed by atoms with Gasteiger partial charge in [-0.2, -0.15) is 0 Å². The fraction of sp³-hybridized carbons (Fsp3) is 0.269. The van der Waals surface area contributed by atoms with Gasteiger partial charge in [0, 0.05) is 24.3 Å². The number of rotatable bonds is 10. The predicted octanol–water partition coefficient (Wildman–Crippen LogP) is 4.60. The van der Waals surface area contributed by atoms with Crippen molar-refractivity contribution >= 4 is 17.7 Å². The van der Waals surface area contributed by atoms with Gasteiger partial charge in [-0.15, -0.1) is 0 Å². The van der Waals surface area contributed by atoms with Gasteiger partial charge in [-0.1, -0.05) is 80.6 Å². The zero-order chi connectivity index (χ0) is 22.6. The number of esters is 1. The Labute approximate surface area is 184 Å². The van der Waals surface area contributed by atoms with E-state index < -0.39 is 5.97 Å². The molecule has 5 nitrogen and oxygen atoms in total. The lowest BCUT2D eigenvalue weighted by molar-refractivity contribution is -0.137. The second kappa shape index (κ2) is 12.3. The van der Waals surface area contributed by atoms with Crippen LogP contribution in [0.25, 0.3) is 0 Å². The van der Waals surface area contributed by atoms with E-state index >= 15 is 0 Å². The molecular formula is C26H29NO4. The van der Waals surface area contributed by atoms with Crippen molar-refractivity contribution in [1.82, 2.24) is 4.90 Å². The predicted molar refractivity (Wildman–Crippen MR) is 121 cm³/mol. The van der Waals surface area contributed by atoms with Gasteiger partial charge in [0.25, 0.3) is 0 Å². The maximum absolute atomic E-state index is 13.1. The summed E-state index contributed by atoms with van der Waals surface area (Å²) in [6, 6.07) is 18.0. The van der Waals surface area contributed by atoms with Crippen LogP contribution < -0.4 is 0 Å². The van der Waals surface area contributed by atoms with Crippen molar-refractivity contribution in [2.75, 3.05) is 6.61 Å². The smallest absolute Gasteiger partial charge is 0.330 e. The summed E-state index contributed by atoms with van der Waals surface area (Å²) in [5.74, 6) is -0.955. The number of carbonyl (C=O) groups is 3. The van der Waals surface area contributed by atoms with Crippen LogP contribution in [0.3, 0.4) is 0 Å². The van der Waals surface area contributed by atoms with E-state index in [4.69, 9.17) is 4.74 Å². The van der Waals surface area contributed by atoms with E-state index in [0.717, 1.165) is 5.56 Å². The number of ketones is 1. The van der Waals surface area contributed by atoms with Gasteiger partial charge in [0.1, 0.15) is 0 Å². The van der Waals surface area contributed by atoms with E-state index in [1.54, 1.807) is 42.2 Å². The van der Waals surface area contributed by atoms with Crippen molar-refractivity contribution in [1.29, 1.82) is 0 Å². The van der Waals surface area contributed by atoms with Crippen LogP contribution in [-0.4, -0.2) is 35.2 Å². The summed E-state index contributed by atoms with van der Waals surface area (Å²) in [4.78, 5) is 39.0. The summed E-state index contributed by atoms with van der Waals surface area (Å²) < 4.78 is 4.97. The minimum atomic E-state index is -0.449. The van der Waals surface area contributed by atoms with Crippen molar-refractivity contribution < 1.29 is 19.1 Å². The van der Waals surface area contributed by atoms with Gasteiger partial charge in [0.2, 0.25) is 5.91 Å². The Morgan fingerprint density at radius 1 is 0.903 bits per heavy atom. The van der Waals surface area contributed by atoms with E-state index in [9.17, 15) is 14.4 Å². The number of carbonyl (C=O) groups excluding carboxylic acids is 3. The van der Waals surface area contributed by atoms with Gasteiger partial charge in [-0.05, 0) is 24.5 Å². The highest BCUT2D eigenvalue weighted by Gasteiger charge is 2.24. The number of hydrogen-bond acceptors (Lipinski definition) is 4. The Balaban J connectivity index is 2.29. The maximum atomic E-state index is 13.1. The molecule has 2 aromatic rings. The van der Waals surface area contributed by atoms with E-state index in [-0.39, 0.29) is 30.3 Å². The number of allylic oxidation sites excluding steroid dienone is 1. The van der Waals surface area contributed by atoms with E-state index in [0.29, 0.717) is 12.1 Å². The van der Waals surface area contributed by atoms with Crippen molar-refractivity contribution in [2.24, 2.45) is 5.92 Å². The first-order valence-corrected chi connectivity index (χ1v) is 10.4. The molecule has 0 spiro atoms. The number of amides is 1. The molecule has 0 heterocycles. The average molecular weight is 420 g/mol. The molecule has 31 heavy (non-hydrogen) atoms. The quantitative estimate of drug-likeness (QED) is 0.321. The summed E-state index contributed by atoms with van der Waals surface area (Å²) in [5, 5.41) is 0. The lowest BCUT2D eigenvalue weighted by atomic mass is 10.0. The van der Waals surface area contributed by atoms with E-state index in [1.807, 2.05) is 50.2 Å². The Morgan fingerprint density at radius 2 is 1.52 bits per heavy atom. The largest absolute Gasteiger partial charge is 0.463 e. The normalized spacial score (nSPS) is 12.3. The van der Waals surface area contributed by atoms with Crippen LogP contribution in [0.5, 0.6) is 0 Å². The fourth-order valence-corrected chi connectivity index (χ4v) is 3.11. The Bertz CT molecular complexity index is 917. The molecule has 0 N–H and O–H groups in total. The topological polar surface area (TPSA) is 63.7 Å². The summed E-state index contributed by atoms with van der Waals surface area (Å²) >= 11 is 0. The SMILES string of the molecule is CCOC(=O)/C=C/[C@H](C(C)C)N(Cc1ccccc1)C(=O)/C=C/C(=O)c1ccccc1. The van der Waals surface area contributed by atoms with Crippen molar-refractivity contribution in [2.45, 2.75) is 33.4 Å². The van der Waals surface area contributed by atoms with Crippen molar-refractivity contribution in [3.8, 4) is 0 Å². The minimum absolute atomic E-state index is 0.0385. The number of ether oxygens (including phenoxy) is 1. The van der Waals surface area contributed by atoms with Crippen LogP contribution in [0, 0.1) is 5.92 Å². The fourth-order valence-electron chi connectivity index (χ4n) is 3.11. The molecule has 0 bridgehead atoms. The second-order valence-corrected chi connectivity index (χ2v) is 7.36. The molecule has 2 rings (SSSR count). The number of nitrogens with zero attached hydrogens (tertiary/aromatic N) is 1. The summed E-state index contributed by atoms with van der Waals surface area (Å²) in [6.45, 7) is 6.33. The highest BCUT2D eigenvalue weighted by atomic mass is 16.5. The third-order valence-corrected chi connectivity index (χ3v) is 4.67. The first-order chi connectivity index (χ1) is 14.9. The molecule has 0 aliphatic carbocycles. The third kappa shape index (κ3) is 7.70. The third-order valence-electron chi connectivity index (χ3n) is 4.67. The van der Waals surface area contributed by atoms with Crippen LogP contribution >= 0.6 is 0 Å². The van der Waals surface area contributed by atoms with Gasteiger partial charge >= 0.3 is 5.97 Å². The van der Waals surface area contributed by atoms with Crippen LogP contribution in [0.4, 0.5) is 0 Å². The number of hydrogen-bond donors (Lipinski definition) is 0. The Morgan fingerprint density at radius 3 is 2.10 bits per heavy atom. The molecular weight excluding hydrogens is 390 g/mol. The molecule has 0 aliphatic rings. The maximum Gasteiger partial charge on any atom is 0.330 e. The average Bonchev–Trinajstić information content (AvgIpc) is 2.77. The van der Waals surface area contributed by atoms with Gasteiger partial charge in [0.15, 0.2) is 5.78 Å². The van der Waals surface area contributed by atoms with Crippen LogP contribution in [0.2, 0.25) is 0 Å². The highest BCUT2D eigenvalue weighted by molar-refractivity contribution is 6.07. The van der Waals surface area contributed by atoms with Gasteiger partial charge < -0.3 is 9.64 Å². The van der Waals surface area contributed by atoms with Crippen LogP contribution in [0.15, 0.2) is 85.0 Å². The molecule has 2 aromatic carbocycles. The number of benzene rings is 2. The van der Waals surface area contributed by atoms with Crippen molar-refractivity contribution in [3.63, 3.8) is 0 Å². The van der Waals surface area contributed by atoms with Crippen molar-refractivity contribution in [3.05, 3.63) is 96.1 Å². The molecule has 1 amide bonds.